The van der Waals surface area contributed by atoms with Crippen molar-refractivity contribution >= 4 is 11.1 Å². The van der Waals surface area contributed by atoms with Gasteiger partial charge in [-0.25, -0.2) is 0 Å². The standard InChI is InChI=1S/C22H26N2O2/c1-3-16-24(2)22(14-15-22)13-12-17-8-10-18(11-9-17)25-21-23-19-6-4-5-7-20(19)26-21/h4-11H,3,12-16H2,1-2H3. The van der Waals surface area contributed by atoms with Crippen LogP contribution in [0.2, 0.25) is 0 Å². The zero-order valence-corrected chi connectivity index (χ0v) is 15.6. The number of hydrogen-bond donors (Lipinski definition) is 0. The van der Waals surface area contributed by atoms with E-state index in [2.05, 4.69) is 36.0 Å². The highest BCUT2D eigenvalue weighted by Crippen LogP contribution is 2.44. The smallest absolute Gasteiger partial charge is 0.400 e. The van der Waals surface area contributed by atoms with Gasteiger partial charge in [0, 0.05) is 5.54 Å². The van der Waals surface area contributed by atoms with E-state index in [0.717, 1.165) is 23.3 Å². The van der Waals surface area contributed by atoms with Crippen LogP contribution in [0, 0.1) is 0 Å². The maximum absolute atomic E-state index is 5.76. The topological polar surface area (TPSA) is 38.5 Å². The molecule has 1 aliphatic rings. The van der Waals surface area contributed by atoms with Gasteiger partial charge in [-0.3, -0.25) is 0 Å². The Morgan fingerprint density at radius 3 is 2.58 bits per heavy atom. The molecular formula is C22H26N2O2. The van der Waals surface area contributed by atoms with Crippen molar-refractivity contribution in [2.75, 3.05) is 13.6 Å². The Kier molecular flexibility index (Phi) is 4.68. The summed E-state index contributed by atoms with van der Waals surface area (Å²) < 4.78 is 11.4. The fourth-order valence-electron chi connectivity index (χ4n) is 3.64. The summed E-state index contributed by atoms with van der Waals surface area (Å²) in [6.45, 7) is 3.44. The van der Waals surface area contributed by atoms with Gasteiger partial charge in [0.25, 0.3) is 0 Å². The van der Waals surface area contributed by atoms with E-state index in [1.807, 2.05) is 36.4 Å². The number of para-hydroxylation sites is 2. The van der Waals surface area contributed by atoms with E-state index in [4.69, 9.17) is 9.15 Å². The van der Waals surface area contributed by atoms with Gasteiger partial charge < -0.3 is 14.1 Å². The van der Waals surface area contributed by atoms with E-state index in [1.54, 1.807) is 0 Å². The molecule has 26 heavy (non-hydrogen) atoms. The van der Waals surface area contributed by atoms with Crippen LogP contribution in [0.25, 0.3) is 11.1 Å². The molecule has 0 bridgehead atoms. The first-order valence-electron chi connectivity index (χ1n) is 9.52. The van der Waals surface area contributed by atoms with Crippen LogP contribution in [0.4, 0.5) is 0 Å². The average Bonchev–Trinajstić information content (AvgIpc) is 3.34. The van der Waals surface area contributed by atoms with Crippen LogP contribution in [-0.2, 0) is 6.42 Å². The lowest BCUT2D eigenvalue weighted by Crippen LogP contribution is -2.34. The highest BCUT2D eigenvalue weighted by molar-refractivity contribution is 5.72. The molecule has 3 aromatic rings. The summed E-state index contributed by atoms with van der Waals surface area (Å²) in [6.07, 6.45) is 6.52. The molecule has 1 saturated carbocycles. The first-order valence-corrected chi connectivity index (χ1v) is 9.52. The Balaban J connectivity index is 1.36. The summed E-state index contributed by atoms with van der Waals surface area (Å²) in [7, 11) is 2.27. The van der Waals surface area contributed by atoms with Crippen LogP contribution in [0.5, 0.6) is 11.8 Å². The fraction of sp³-hybridized carbons (Fsp3) is 0.409. The second kappa shape index (κ2) is 7.12. The number of aromatic nitrogens is 1. The normalized spacial score (nSPS) is 15.5. The molecule has 0 N–H and O–H groups in total. The van der Waals surface area contributed by atoms with Gasteiger partial charge in [0.05, 0.1) is 0 Å². The quantitative estimate of drug-likeness (QED) is 0.543. The summed E-state index contributed by atoms with van der Waals surface area (Å²) in [4.78, 5) is 6.90. The van der Waals surface area contributed by atoms with Crippen LogP contribution in [0.3, 0.4) is 0 Å². The maximum atomic E-state index is 5.76. The number of aryl methyl sites for hydroxylation is 1. The van der Waals surface area contributed by atoms with E-state index in [9.17, 15) is 0 Å². The maximum Gasteiger partial charge on any atom is 0.400 e. The van der Waals surface area contributed by atoms with Crippen molar-refractivity contribution in [1.29, 1.82) is 0 Å². The SMILES string of the molecule is CCCN(C)C1(CCc2ccc(Oc3nc4ccccc4o3)cc2)CC1. The van der Waals surface area contributed by atoms with Gasteiger partial charge in [0.2, 0.25) is 0 Å². The van der Waals surface area contributed by atoms with E-state index in [-0.39, 0.29) is 6.08 Å². The molecule has 4 rings (SSSR count). The number of oxazole rings is 1. The van der Waals surface area contributed by atoms with Crippen molar-refractivity contribution in [3.8, 4) is 11.8 Å². The first kappa shape index (κ1) is 17.1. The van der Waals surface area contributed by atoms with Gasteiger partial charge in [0.15, 0.2) is 5.58 Å². The zero-order valence-electron chi connectivity index (χ0n) is 15.6. The van der Waals surface area contributed by atoms with E-state index < -0.39 is 0 Å². The predicted octanol–water partition coefficient (Wildman–Crippen LogP) is 5.43. The molecule has 2 aromatic carbocycles. The third kappa shape index (κ3) is 3.61. The van der Waals surface area contributed by atoms with Gasteiger partial charge >= 0.3 is 6.08 Å². The number of benzene rings is 2. The molecule has 0 unspecified atom stereocenters. The molecule has 0 saturated heterocycles. The third-order valence-corrected chi connectivity index (χ3v) is 5.48. The van der Waals surface area contributed by atoms with Crippen molar-refractivity contribution in [3.05, 3.63) is 54.1 Å². The molecule has 0 atom stereocenters. The number of rotatable bonds is 8. The first-order chi connectivity index (χ1) is 12.7. The molecule has 0 aliphatic heterocycles. The Hall–Kier alpha value is -2.33. The molecule has 1 fully saturated rings. The van der Waals surface area contributed by atoms with Gasteiger partial charge in [0.1, 0.15) is 11.3 Å². The minimum absolute atomic E-state index is 0.289. The molecule has 4 nitrogen and oxygen atoms in total. The van der Waals surface area contributed by atoms with Gasteiger partial charge in [-0.2, -0.15) is 4.98 Å². The molecule has 136 valence electrons. The van der Waals surface area contributed by atoms with Crippen molar-refractivity contribution in [2.45, 2.75) is 44.6 Å². The predicted molar refractivity (Wildman–Crippen MR) is 104 cm³/mol. The summed E-state index contributed by atoms with van der Waals surface area (Å²) in [6, 6.07) is 16.0. The van der Waals surface area contributed by atoms with Crippen molar-refractivity contribution in [2.24, 2.45) is 0 Å². The fourth-order valence-corrected chi connectivity index (χ4v) is 3.64. The number of fused-ring (bicyclic) bond motifs is 1. The van der Waals surface area contributed by atoms with Gasteiger partial charge in [-0.1, -0.05) is 31.2 Å². The summed E-state index contributed by atoms with van der Waals surface area (Å²) in [5.74, 6) is 0.754. The lowest BCUT2D eigenvalue weighted by Gasteiger charge is -2.27. The second-order valence-electron chi connectivity index (χ2n) is 7.34. The summed E-state index contributed by atoms with van der Waals surface area (Å²) in [5.41, 5.74) is 3.35. The van der Waals surface area contributed by atoms with Crippen LogP contribution in [0.15, 0.2) is 52.9 Å². The Morgan fingerprint density at radius 2 is 1.88 bits per heavy atom. The summed E-state index contributed by atoms with van der Waals surface area (Å²) >= 11 is 0. The highest BCUT2D eigenvalue weighted by atomic mass is 16.6. The molecular weight excluding hydrogens is 324 g/mol. The highest BCUT2D eigenvalue weighted by Gasteiger charge is 2.44. The molecule has 1 aromatic heterocycles. The zero-order chi connectivity index (χ0) is 18.0. The average molecular weight is 350 g/mol. The van der Waals surface area contributed by atoms with Crippen molar-refractivity contribution in [3.63, 3.8) is 0 Å². The molecule has 1 heterocycles. The summed E-state index contributed by atoms with van der Waals surface area (Å²) in [5, 5.41) is 0. The second-order valence-corrected chi connectivity index (χ2v) is 7.34. The molecule has 0 spiro atoms. The van der Waals surface area contributed by atoms with Crippen molar-refractivity contribution < 1.29 is 9.15 Å². The van der Waals surface area contributed by atoms with Crippen molar-refractivity contribution in [1.82, 2.24) is 9.88 Å². The molecule has 0 amide bonds. The number of ether oxygens (including phenoxy) is 1. The van der Waals surface area contributed by atoms with Crippen LogP contribution >= 0.6 is 0 Å². The Labute approximate surface area is 154 Å². The third-order valence-electron chi connectivity index (χ3n) is 5.48. The van der Waals surface area contributed by atoms with Crippen LogP contribution in [0.1, 0.15) is 38.2 Å². The minimum atomic E-state index is 0.289. The largest absolute Gasteiger partial charge is 0.411 e. The molecule has 1 aliphatic carbocycles. The lowest BCUT2D eigenvalue weighted by atomic mass is 10.0. The minimum Gasteiger partial charge on any atom is -0.411 e. The lowest BCUT2D eigenvalue weighted by molar-refractivity contribution is 0.209. The van der Waals surface area contributed by atoms with Crippen LogP contribution in [-0.4, -0.2) is 29.0 Å². The monoisotopic (exact) mass is 350 g/mol. The number of nitrogens with zero attached hydrogens (tertiary/aromatic N) is 2. The Bertz CT molecular complexity index is 832. The van der Waals surface area contributed by atoms with Gasteiger partial charge in [-0.05, 0) is 75.5 Å². The molecule has 4 heteroatoms. The van der Waals surface area contributed by atoms with Crippen LogP contribution < -0.4 is 4.74 Å². The Morgan fingerprint density at radius 1 is 1.12 bits per heavy atom. The van der Waals surface area contributed by atoms with Gasteiger partial charge in [-0.15, -0.1) is 0 Å². The molecule has 0 radical (unpaired) electrons. The number of hydrogen-bond acceptors (Lipinski definition) is 4. The van der Waals surface area contributed by atoms with E-state index in [0.29, 0.717) is 5.54 Å². The van der Waals surface area contributed by atoms with E-state index >= 15 is 0 Å². The van der Waals surface area contributed by atoms with E-state index in [1.165, 1.54) is 37.8 Å².